The van der Waals surface area contributed by atoms with Gasteiger partial charge >= 0.3 is 5.97 Å². The van der Waals surface area contributed by atoms with E-state index in [0.717, 1.165) is 6.42 Å². The van der Waals surface area contributed by atoms with Gasteiger partial charge in [0, 0.05) is 58.4 Å². The maximum Gasteiger partial charge on any atom is 0.302 e. The van der Waals surface area contributed by atoms with E-state index in [-0.39, 0.29) is 5.97 Å². The molecule has 3 nitrogen and oxygen atoms in total. The van der Waals surface area contributed by atoms with Crippen LogP contribution in [-0.2, 0) is 20.7 Å². The Kier molecular flexibility index (Phi) is 41.4. The summed E-state index contributed by atoms with van der Waals surface area (Å²) in [5.41, 5.74) is 2.74. The molecule has 0 spiro atoms. The first kappa shape index (κ1) is 33.9. The zero-order valence-electron chi connectivity index (χ0n) is 18.0. The van der Waals surface area contributed by atoms with Crippen LogP contribution in [0.1, 0.15) is 45.7 Å². The second-order valence-corrected chi connectivity index (χ2v) is 4.25. The fourth-order valence-electron chi connectivity index (χ4n) is 1.43. The van der Waals surface area contributed by atoms with E-state index in [1.54, 1.807) is 14.2 Å². The molecule has 0 heterocycles. The molecular weight excluding hydrogens is 566 g/mol. The maximum atomic E-state index is 9.59. The fourth-order valence-corrected chi connectivity index (χ4v) is 1.43. The zero-order chi connectivity index (χ0) is 21.9. The lowest BCUT2D eigenvalue weighted by molar-refractivity contribution is -0.137. The average Bonchev–Trinajstić information content (AvgIpc) is 2.75. The summed E-state index contributed by atoms with van der Waals surface area (Å²) in [6.45, 7) is 9.36. The summed E-state index contributed by atoms with van der Waals surface area (Å²) in [7, 11) is 4.60. The maximum absolute atomic E-state index is 9.59. The van der Waals surface area contributed by atoms with Gasteiger partial charge in [-0.05, 0) is 17.5 Å². The first-order valence-electron chi connectivity index (χ1n) is 8.80. The van der Waals surface area contributed by atoms with E-state index < -0.39 is 0 Å². The first-order chi connectivity index (χ1) is 13.1. The molecule has 0 saturated carbocycles. The van der Waals surface area contributed by atoms with E-state index in [9.17, 15) is 4.79 Å². The van der Waals surface area contributed by atoms with Gasteiger partial charge in [-0.1, -0.05) is 88.4 Å². The van der Waals surface area contributed by atoms with E-state index in [1.807, 2.05) is 27.7 Å². The second kappa shape index (κ2) is 33.0. The van der Waals surface area contributed by atoms with Gasteiger partial charge in [-0.2, -0.15) is 0 Å². The first-order valence-corrected chi connectivity index (χ1v) is 15.1. The molecule has 0 fully saturated rings. The van der Waals surface area contributed by atoms with Crippen molar-refractivity contribution in [3.63, 3.8) is 0 Å². The molecule has 0 unspecified atom stereocenters. The van der Waals surface area contributed by atoms with Gasteiger partial charge in [-0.25, -0.2) is 0 Å². The van der Waals surface area contributed by atoms with E-state index in [2.05, 4.69) is 107 Å². The van der Waals surface area contributed by atoms with Crippen LogP contribution in [0.25, 0.3) is 0 Å². The van der Waals surface area contributed by atoms with Crippen molar-refractivity contribution >= 4 is 43.2 Å². The highest BCUT2D eigenvalue weighted by Gasteiger charge is 1.92. The van der Waals surface area contributed by atoms with Crippen LogP contribution in [0.3, 0.4) is 0 Å². The third-order valence-corrected chi connectivity index (χ3v) is 2.38. The lowest BCUT2D eigenvalue weighted by atomic mass is 10.1. The Bertz CT molecular complexity index is 440. The predicted octanol–water partition coefficient (Wildman–Crippen LogP) is 7.54. The monoisotopic (exact) mass is 602 g/mol. The van der Waals surface area contributed by atoms with Gasteiger partial charge in [0.1, 0.15) is 0 Å². The van der Waals surface area contributed by atoms with Crippen LogP contribution < -0.4 is 0 Å². The quantitative estimate of drug-likeness (QED) is 0.263. The number of halogens is 2. The number of rotatable bonds is 2. The minimum Gasteiger partial charge on any atom is -0.469 e. The third-order valence-electron chi connectivity index (χ3n) is 2.38. The SMILES string of the molecule is CC.CC.COC.COC(C)=O.II.c1ccc(Cc2ccccc2)cc1. The number of esters is 1. The van der Waals surface area contributed by atoms with Crippen molar-refractivity contribution in [3.8, 4) is 0 Å². The lowest BCUT2D eigenvalue weighted by Gasteiger charge is -2.00. The molecule has 0 amide bonds. The van der Waals surface area contributed by atoms with Gasteiger partial charge in [0.25, 0.3) is 0 Å². The Morgan fingerprint density at radius 3 is 1.15 bits per heavy atom. The summed E-state index contributed by atoms with van der Waals surface area (Å²) < 4.78 is 8.36. The van der Waals surface area contributed by atoms with Crippen LogP contribution in [-0.4, -0.2) is 27.3 Å². The average molecular weight is 602 g/mol. The molecule has 0 atom stereocenters. The Labute approximate surface area is 190 Å². The van der Waals surface area contributed by atoms with E-state index in [1.165, 1.54) is 25.2 Å². The van der Waals surface area contributed by atoms with Gasteiger partial charge in [-0.3, -0.25) is 4.79 Å². The minimum absolute atomic E-state index is 0.245. The van der Waals surface area contributed by atoms with E-state index in [4.69, 9.17) is 0 Å². The normalized spacial score (nSPS) is 7.33. The minimum atomic E-state index is -0.245. The Hall–Kier alpha value is -0.670. The van der Waals surface area contributed by atoms with Gasteiger partial charge in [0.2, 0.25) is 0 Å². The van der Waals surface area contributed by atoms with Crippen molar-refractivity contribution in [2.45, 2.75) is 41.0 Å². The molecule has 0 radical (unpaired) electrons. The topological polar surface area (TPSA) is 35.5 Å². The van der Waals surface area contributed by atoms with Crippen LogP contribution in [0.4, 0.5) is 0 Å². The van der Waals surface area contributed by atoms with Crippen molar-refractivity contribution in [1.82, 2.24) is 0 Å². The Morgan fingerprint density at radius 2 is 0.963 bits per heavy atom. The molecule has 2 aromatic rings. The molecule has 0 bridgehead atoms. The van der Waals surface area contributed by atoms with Crippen molar-refractivity contribution < 1.29 is 14.3 Å². The Balaban J connectivity index is -0.000000159. The molecule has 0 aliphatic carbocycles. The summed E-state index contributed by atoms with van der Waals surface area (Å²) in [6.07, 6.45) is 1.03. The summed E-state index contributed by atoms with van der Waals surface area (Å²) in [5, 5.41) is 0. The van der Waals surface area contributed by atoms with Gasteiger partial charge in [-0.15, -0.1) is 0 Å². The molecule has 27 heavy (non-hydrogen) atoms. The summed E-state index contributed by atoms with van der Waals surface area (Å²) in [6, 6.07) is 21.1. The number of carbonyl (C=O) groups excluding carboxylic acids is 1. The smallest absolute Gasteiger partial charge is 0.302 e. The molecule has 2 rings (SSSR count). The van der Waals surface area contributed by atoms with Gasteiger partial charge in [0.15, 0.2) is 0 Å². The van der Waals surface area contributed by atoms with Crippen LogP contribution in [0.2, 0.25) is 0 Å². The number of hydrogen-bond donors (Lipinski definition) is 0. The van der Waals surface area contributed by atoms with Crippen LogP contribution >= 0.6 is 37.2 Å². The molecule has 0 aliphatic rings. The van der Waals surface area contributed by atoms with E-state index in [0.29, 0.717) is 0 Å². The largest absolute Gasteiger partial charge is 0.469 e. The highest BCUT2D eigenvalue weighted by atomic mass is 128. The molecule has 0 saturated heterocycles. The molecular formula is C22H36I2O3. The van der Waals surface area contributed by atoms with Gasteiger partial charge in [0.05, 0.1) is 7.11 Å². The highest BCUT2D eigenvalue weighted by Crippen LogP contribution is 2.07. The van der Waals surface area contributed by atoms with Crippen LogP contribution in [0, 0.1) is 0 Å². The molecule has 0 aromatic heterocycles. The second-order valence-electron chi connectivity index (χ2n) is 4.25. The van der Waals surface area contributed by atoms with Crippen LogP contribution in [0.15, 0.2) is 60.7 Å². The number of hydrogen-bond acceptors (Lipinski definition) is 3. The fraction of sp³-hybridized carbons (Fsp3) is 0.409. The Morgan fingerprint density at radius 1 is 0.741 bits per heavy atom. The van der Waals surface area contributed by atoms with Gasteiger partial charge < -0.3 is 9.47 Å². The molecule has 0 N–H and O–H groups in total. The van der Waals surface area contributed by atoms with Crippen molar-refractivity contribution in [2.24, 2.45) is 0 Å². The zero-order valence-corrected chi connectivity index (χ0v) is 22.3. The molecule has 2 aromatic carbocycles. The number of carbonyl (C=O) groups is 1. The predicted molar refractivity (Wildman–Crippen MR) is 137 cm³/mol. The molecule has 156 valence electrons. The number of ether oxygens (including phenoxy) is 2. The standard InChI is InChI=1S/C13H12.C3H6O2.C2H6O.2C2H6.I2/c1-3-7-12(8-4-1)11-13-9-5-2-6-10-13;1-3(4)5-2;1-3-2;3*1-2/h1-10H,11H2;1-2H3;1-2H3;2*1-2H3;. The molecule has 0 aliphatic heterocycles. The van der Waals surface area contributed by atoms with Crippen molar-refractivity contribution in [1.29, 1.82) is 0 Å². The summed E-state index contributed by atoms with van der Waals surface area (Å²) in [4.78, 5) is 9.59. The van der Waals surface area contributed by atoms with Crippen molar-refractivity contribution in [3.05, 3.63) is 71.8 Å². The third kappa shape index (κ3) is 30.3. The van der Waals surface area contributed by atoms with Crippen LogP contribution in [0.5, 0.6) is 0 Å². The summed E-state index contributed by atoms with van der Waals surface area (Å²) in [5.74, 6) is -0.245. The number of benzene rings is 2. The van der Waals surface area contributed by atoms with Crippen molar-refractivity contribution in [2.75, 3.05) is 21.3 Å². The summed E-state index contributed by atoms with van der Waals surface area (Å²) >= 11 is 4.24. The molecule has 5 heteroatoms. The number of methoxy groups -OCH3 is 2. The van der Waals surface area contributed by atoms with E-state index >= 15 is 0 Å². The lowest BCUT2D eigenvalue weighted by Crippen LogP contribution is -1.88. The highest BCUT2D eigenvalue weighted by molar-refractivity contribution is 15.0.